The van der Waals surface area contributed by atoms with Gasteiger partial charge in [-0.25, -0.2) is 0 Å². The molecular weight excluding hydrogens is 558 g/mol. The molecule has 2 heteroatoms. The number of benzene rings is 8. The number of para-hydroxylation sites is 3. The maximum Gasteiger partial charge on any atom is 0.143 e. The van der Waals surface area contributed by atoms with Crippen LogP contribution < -0.4 is 4.90 Å². The van der Waals surface area contributed by atoms with Crippen molar-refractivity contribution in [2.24, 2.45) is 0 Å². The Labute approximate surface area is 267 Å². The molecule has 0 aliphatic rings. The molecule has 0 bridgehead atoms. The standard InChI is InChI=1S/C44H29NO/c1-2-14-35(15-3-1)45(36-26-23-31(24-27-36)34-22-21-30-11-4-5-13-33(30)29-34)42-20-9-8-17-38(42)39-18-10-19-40-41-28-25-32-12-6-7-16-37(32)43(41)46-44(39)40/h1-29H. The molecule has 0 radical (unpaired) electrons. The van der Waals surface area contributed by atoms with Crippen molar-refractivity contribution in [3.63, 3.8) is 0 Å². The quantitative estimate of drug-likeness (QED) is 0.199. The monoisotopic (exact) mass is 587 g/mol. The molecular formula is C44H29NO. The number of anilines is 3. The summed E-state index contributed by atoms with van der Waals surface area (Å²) in [6.07, 6.45) is 0. The average molecular weight is 588 g/mol. The van der Waals surface area contributed by atoms with E-state index >= 15 is 0 Å². The van der Waals surface area contributed by atoms with Gasteiger partial charge in [0.05, 0.1) is 5.69 Å². The van der Waals surface area contributed by atoms with Gasteiger partial charge in [-0.2, -0.15) is 0 Å². The van der Waals surface area contributed by atoms with Gasteiger partial charge in [0, 0.05) is 38.7 Å². The highest BCUT2D eigenvalue weighted by molar-refractivity contribution is 6.17. The third-order valence-corrected chi connectivity index (χ3v) is 9.05. The second-order valence-electron chi connectivity index (χ2n) is 11.7. The van der Waals surface area contributed by atoms with Gasteiger partial charge in [0.1, 0.15) is 11.2 Å². The number of nitrogens with zero attached hydrogens (tertiary/aromatic N) is 1. The number of rotatable bonds is 5. The smallest absolute Gasteiger partial charge is 0.143 e. The zero-order valence-electron chi connectivity index (χ0n) is 25.1. The van der Waals surface area contributed by atoms with Gasteiger partial charge < -0.3 is 9.32 Å². The van der Waals surface area contributed by atoms with Crippen LogP contribution in [-0.2, 0) is 0 Å². The van der Waals surface area contributed by atoms with Gasteiger partial charge in [-0.15, -0.1) is 0 Å². The molecule has 0 amide bonds. The summed E-state index contributed by atoms with van der Waals surface area (Å²) in [4.78, 5) is 2.34. The lowest BCUT2D eigenvalue weighted by atomic mass is 9.98. The topological polar surface area (TPSA) is 16.4 Å². The van der Waals surface area contributed by atoms with Crippen LogP contribution in [0.2, 0.25) is 0 Å². The third kappa shape index (κ3) is 4.35. The van der Waals surface area contributed by atoms with E-state index in [1.165, 1.54) is 27.3 Å². The number of hydrogen-bond donors (Lipinski definition) is 0. The first-order valence-electron chi connectivity index (χ1n) is 15.7. The molecule has 0 saturated carbocycles. The van der Waals surface area contributed by atoms with Gasteiger partial charge in [0.25, 0.3) is 0 Å². The predicted molar refractivity (Wildman–Crippen MR) is 194 cm³/mol. The van der Waals surface area contributed by atoms with E-state index in [0.29, 0.717) is 0 Å². The second-order valence-corrected chi connectivity index (χ2v) is 11.7. The lowest BCUT2D eigenvalue weighted by Crippen LogP contribution is -2.11. The zero-order valence-corrected chi connectivity index (χ0v) is 25.1. The molecule has 9 aromatic rings. The Balaban J connectivity index is 1.20. The maximum atomic E-state index is 6.77. The Bertz CT molecular complexity index is 2530. The minimum absolute atomic E-state index is 0.904. The SMILES string of the molecule is c1ccc(N(c2ccc(-c3ccc4ccccc4c3)cc2)c2ccccc2-c2cccc3c2oc2c4ccccc4ccc32)cc1. The second kappa shape index (κ2) is 10.8. The lowest BCUT2D eigenvalue weighted by Gasteiger charge is -2.28. The van der Waals surface area contributed by atoms with Crippen LogP contribution in [0.5, 0.6) is 0 Å². The molecule has 0 fully saturated rings. The van der Waals surface area contributed by atoms with Crippen molar-refractivity contribution < 1.29 is 4.42 Å². The summed E-state index contributed by atoms with van der Waals surface area (Å²) in [6.45, 7) is 0. The highest BCUT2D eigenvalue weighted by atomic mass is 16.3. The largest absolute Gasteiger partial charge is 0.455 e. The molecule has 1 aromatic heterocycles. The fraction of sp³-hybridized carbons (Fsp3) is 0. The van der Waals surface area contributed by atoms with Crippen molar-refractivity contribution >= 4 is 60.5 Å². The van der Waals surface area contributed by atoms with E-state index in [2.05, 4.69) is 181 Å². The van der Waals surface area contributed by atoms with Gasteiger partial charge in [-0.1, -0.05) is 133 Å². The summed E-state index contributed by atoms with van der Waals surface area (Å²) in [7, 11) is 0. The van der Waals surface area contributed by atoms with Crippen LogP contribution in [0.25, 0.3) is 65.7 Å². The van der Waals surface area contributed by atoms with E-state index in [9.17, 15) is 0 Å². The van der Waals surface area contributed by atoms with Crippen LogP contribution in [0.15, 0.2) is 180 Å². The van der Waals surface area contributed by atoms with Crippen LogP contribution in [-0.4, -0.2) is 0 Å². The molecule has 8 aromatic carbocycles. The minimum atomic E-state index is 0.904. The van der Waals surface area contributed by atoms with Gasteiger partial charge in [-0.3, -0.25) is 0 Å². The molecule has 0 saturated heterocycles. The summed E-state index contributed by atoms with van der Waals surface area (Å²) in [5.74, 6) is 0. The van der Waals surface area contributed by atoms with E-state index in [0.717, 1.165) is 55.5 Å². The van der Waals surface area contributed by atoms with Crippen molar-refractivity contribution in [2.45, 2.75) is 0 Å². The first-order chi connectivity index (χ1) is 22.8. The first-order valence-corrected chi connectivity index (χ1v) is 15.7. The van der Waals surface area contributed by atoms with E-state index < -0.39 is 0 Å². The third-order valence-electron chi connectivity index (χ3n) is 9.05. The van der Waals surface area contributed by atoms with Gasteiger partial charge in [0.15, 0.2) is 0 Å². The molecule has 9 rings (SSSR count). The molecule has 0 aliphatic carbocycles. The first kappa shape index (κ1) is 26.3. The summed E-state index contributed by atoms with van der Waals surface area (Å²) in [6, 6.07) is 62.6. The highest BCUT2D eigenvalue weighted by Crippen LogP contribution is 2.45. The van der Waals surface area contributed by atoms with Crippen molar-refractivity contribution in [3.8, 4) is 22.3 Å². The zero-order chi connectivity index (χ0) is 30.5. The summed E-state index contributed by atoms with van der Waals surface area (Å²) in [5, 5.41) is 7.07. The number of fused-ring (bicyclic) bond motifs is 6. The van der Waals surface area contributed by atoms with Crippen molar-refractivity contribution in [3.05, 3.63) is 176 Å². The Hall–Kier alpha value is -6.12. The van der Waals surface area contributed by atoms with Crippen molar-refractivity contribution in [1.29, 1.82) is 0 Å². The van der Waals surface area contributed by atoms with Crippen molar-refractivity contribution in [2.75, 3.05) is 4.90 Å². The average Bonchev–Trinajstić information content (AvgIpc) is 3.52. The predicted octanol–water partition coefficient (Wildman–Crippen LogP) is 12.7. The van der Waals surface area contributed by atoms with Crippen molar-refractivity contribution in [1.82, 2.24) is 0 Å². The number of hydrogen-bond acceptors (Lipinski definition) is 2. The fourth-order valence-corrected chi connectivity index (χ4v) is 6.81. The molecule has 0 spiro atoms. The minimum Gasteiger partial charge on any atom is -0.455 e. The Morgan fingerprint density at radius 1 is 0.348 bits per heavy atom. The molecule has 1 heterocycles. The molecule has 2 nitrogen and oxygen atoms in total. The molecule has 0 atom stereocenters. The molecule has 0 unspecified atom stereocenters. The Morgan fingerprint density at radius 2 is 0.957 bits per heavy atom. The Morgan fingerprint density at radius 3 is 1.83 bits per heavy atom. The summed E-state index contributed by atoms with van der Waals surface area (Å²) >= 11 is 0. The van der Waals surface area contributed by atoms with Crippen LogP contribution in [0, 0.1) is 0 Å². The molecule has 46 heavy (non-hydrogen) atoms. The number of furan rings is 1. The maximum absolute atomic E-state index is 6.77. The summed E-state index contributed by atoms with van der Waals surface area (Å²) in [5.41, 5.74) is 9.69. The Kier molecular flexibility index (Phi) is 6.17. The van der Waals surface area contributed by atoms with Gasteiger partial charge >= 0.3 is 0 Å². The van der Waals surface area contributed by atoms with Crippen LogP contribution in [0.4, 0.5) is 17.1 Å². The van der Waals surface area contributed by atoms with Gasteiger partial charge in [0.2, 0.25) is 0 Å². The lowest BCUT2D eigenvalue weighted by molar-refractivity contribution is 0.674. The highest BCUT2D eigenvalue weighted by Gasteiger charge is 2.20. The summed E-state index contributed by atoms with van der Waals surface area (Å²) < 4.78 is 6.77. The van der Waals surface area contributed by atoms with E-state index in [-0.39, 0.29) is 0 Å². The fourth-order valence-electron chi connectivity index (χ4n) is 6.81. The van der Waals surface area contributed by atoms with E-state index in [4.69, 9.17) is 4.42 Å². The van der Waals surface area contributed by atoms with E-state index in [1.54, 1.807) is 0 Å². The van der Waals surface area contributed by atoms with E-state index in [1.807, 2.05) is 0 Å². The van der Waals surface area contributed by atoms with Crippen LogP contribution in [0.3, 0.4) is 0 Å². The van der Waals surface area contributed by atoms with Crippen LogP contribution >= 0.6 is 0 Å². The normalized spacial score (nSPS) is 11.5. The molecule has 216 valence electrons. The molecule has 0 N–H and O–H groups in total. The molecule has 0 aliphatic heterocycles. The van der Waals surface area contributed by atoms with Crippen LogP contribution in [0.1, 0.15) is 0 Å². The van der Waals surface area contributed by atoms with Gasteiger partial charge in [-0.05, 0) is 69.8 Å².